The van der Waals surface area contributed by atoms with Crippen LogP contribution in [0.2, 0.25) is 0 Å². The first-order valence-corrected chi connectivity index (χ1v) is 11.8. The van der Waals surface area contributed by atoms with Gasteiger partial charge in [0.1, 0.15) is 5.69 Å². The summed E-state index contributed by atoms with van der Waals surface area (Å²) in [5.74, 6) is -1.59. The average molecular weight is 492 g/mol. The van der Waals surface area contributed by atoms with E-state index in [1.165, 1.54) is 16.8 Å². The van der Waals surface area contributed by atoms with Crippen LogP contribution in [-0.4, -0.2) is 46.7 Å². The molecular weight excluding hydrogens is 465 g/mol. The fourth-order valence-corrected chi connectivity index (χ4v) is 4.70. The van der Waals surface area contributed by atoms with E-state index in [1.54, 1.807) is 41.8 Å². The van der Waals surface area contributed by atoms with Crippen LogP contribution in [0.1, 0.15) is 53.2 Å². The predicted molar refractivity (Wildman–Crippen MR) is 131 cm³/mol. The summed E-state index contributed by atoms with van der Waals surface area (Å²) in [7, 11) is 0. The van der Waals surface area contributed by atoms with E-state index in [0.717, 1.165) is 12.1 Å². The number of nitrogens with zero attached hydrogens (tertiary/aromatic N) is 4. The molecule has 0 aliphatic carbocycles. The van der Waals surface area contributed by atoms with E-state index < -0.39 is 11.7 Å². The smallest absolute Gasteiger partial charge is 0.277 e. The Morgan fingerprint density at radius 2 is 1.67 bits per heavy atom. The molecule has 1 fully saturated rings. The summed E-state index contributed by atoms with van der Waals surface area (Å²) in [6.45, 7) is 4.57. The number of carbonyl (C=O) groups is 3. The maximum atomic E-state index is 14.7. The summed E-state index contributed by atoms with van der Waals surface area (Å²) in [6.07, 6.45) is 1.50. The number of fused-ring (bicyclic) bond motifs is 1. The number of benzene rings is 2. The molecule has 3 amide bonds. The van der Waals surface area contributed by atoms with E-state index in [4.69, 9.17) is 10.5 Å². The number of aromatic nitrogens is 2. The fourth-order valence-electron chi connectivity index (χ4n) is 4.70. The van der Waals surface area contributed by atoms with Gasteiger partial charge in [-0.05, 0) is 63.1 Å². The Labute approximate surface area is 207 Å². The van der Waals surface area contributed by atoms with Crippen LogP contribution >= 0.6 is 0 Å². The topological polar surface area (TPSA) is 111 Å². The summed E-state index contributed by atoms with van der Waals surface area (Å²) in [6, 6.07) is 11.5. The predicted octanol–water partition coefficient (Wildman–Crippen LogP) is 3.23. The lowest BCUT2D eigenvalue weighted by atomic mass is 10.0. The number of carbonyl (C=O) groups excluding carboxylic acids is 3. The molecule has 0 saturated carbocycles. The Morgan fingerprint density at radius 1 is 1.00 bits per heavy atom. The molecule has 9 nitrogen and oxygen atoms in total. The van der Waals surface area contributed by atoms with Crippen molar-refractivity contribution in [1.82, 2.24) is 9.78 Å². The van der Waals surface area contributed by atoms with Crippen molar-refractivity contribution in [3.8, 4) is 11.4 Å². The monoisotopic (exact) mass is 491 g/mol. The van der Waals surface area contributed by atoms with Crippen LogP contribution in [0.3, 0.4) is 0 Å². The first-order chi connectivity index (χ1) is 17.2. The van der Waals surface area contributed by atoms with Gasteiger partial charge in [-0.15, -0.1) is 0 Å². The van der Waals surface area contributed by atoms with Crippen molar-refractivity contribution in [2.75, 3.05) is 22.9 Å². The first kappa shape index (κ1) is 23.5. The third-order valence-electron chi connectivity index (χ3n) is 6.32. The SMILES string of the molecule is CC(C)Oc1ccc(-n2nc(C(N)=O)c3c2C(=O)N(c2ccc(N4CCCC4=O)cc2)CC3)cc1F. The van der Waals surface area contributed by atoms with Gasteiger partial charge in [0, 0.05) is 42.5 Å². The number of ether oxygens (including phenoxy) is 1. The van der Waals surface area contributed by atoms with Crippen molar-refractivity contribution in [2.24, 2.45) is 5.73 Å². The lowest BCUT2D eigenvalue weighted by molar-refractivity contribution is -0.117. The first-order valence-electron chi connectivity index (χ1n) is 11.8. The number of rotatable bonds is 6. The van der Waals surface area contributed by atoms with Crippen molar-refractivity contribution in [1.29, 1.82) is 0 Å². The normalized spacial score (nSPS) is 15.6. The van der Waals surface area contributed by atoms with E-state index in [9.17, 15) is 18.8 Å². The van der Waals surface area contributed by atoms with Gasteiger partial charge in [0.2, 0.25) is 5.91 Å². The van der Waals surface area contributed by atoms with E-state index in [0.29, 0.717) is 37.2 Å². The van der Waals surface area contributed by atoms with E-state index in [2.05, 4.69) is 5.10 Å². The zero-order valence-electron chi connectivity index (χ0n) is 20.0. The minimum Gasteiger partial charge on any atom is -0.488 e. The van der Waals surface area contributed by atoms with Crippen LogP contribution in [0.5, 0.6) is 5.75 Å². The van der Waals surface area contributed by atoms with Crippen LogP contribution in [0, 0.1) is 5.82 Å². The number of halogens is 1. The van der Waals surface area contributed by atoms with Gasteiger partial charge in [0.05, 0.1) is 11.8 Å². The molecular formula is C26H26FN5O4. The second-order valence-electron chi connectivity index (χ2n) is 9.11. The molecule has 2 aromatic carbocycles. The third-order valence-corrected chi connectivity index (χ3v) is 6.32. The van der Waals surface area contributed by atoms with Crippen molar-refractivity contribution in [3.63, 3.8) is 0 Å². The van der Waals surface area contributed by atoms with Crippen molar-refractivity contribution in [2.45, 2.75) is 39.2 Å². The van der Waals surface area contributed by atoms with Crippen molar-refractivity contribution >= 4 is 29.1 Å². The quantitative estimate of drug-likeness (QED) is 0.569. The Morgan fingerprint density at radius 3 is 2.25 bits per heavy atom. The Kier molecular flexibility index (Phi) is 5.95. The van der Waals surface area contributed by atoms with Gasteiger partial charge in [-0.1, -0.05) is 0 Å². The second kappa shape index (κ2) is 9.10. The van der Waals surface area contributed by atoms with Crippen LogP contribution in [-0.2, 0) is 11.2 Å². The number of amides is 3. The highest BCUT2D eigenvalue weighted by atomic mass is 19.1. The van der Waals surface area contributed by atoms with Crippen molar-refractivity contribution in [3.05, 3.63) is 65.2 Å². The number of primary amides is 1. The summed E-state index contributed by atoms with van der Waals surface area (Å²) >= 11 is 0. The summed E-state index contributed by atoms with van der Waals surface area (Å²) in [5, 5.41) is 4.29. The molecule has 2 N–H and O–H groups in total. The van der Waals surface area contributed by atoms with Crippen molar-refractivity contribution < 1.29 is 23.5 Å². The number of nitrogens with two attached hydrogens (primary N) is 1. The standard InChI is InChI=1S/C26H26FN5O4/c1-15(2)36-21-10-9-18(14-20(21)27)32-24-19(23(29-32)25(28)34)11-13-31(26(24)35)17-7-5-16(6-8-17)30-12-3-4-22(30)33/h5-10,14-15H,3-4,11-13H2,1-2H3,(H2,28,34). The minimum atomic E-state index is -0.758. The van der Waals surface area contributed by atoms with E-state index in [-0.39, 0.29) is 40.7 Å². The molecule has 2 aliphatic heterocycles. The maximum absolute atomic E-state index is 14.7. The summed E-state index contributed by atoms with van der Waals surface area (Å²) in [5.41, 5.74) is 7.83. The number of anilines is 2. The molecule has 3 heterocycles. The molecule has 186 valence electrons. The van der Waals surface area contributed by atoms with Gasteiger partial charge in [-0.3, -0.25) is 14.4 Å². The molecule has 0 bridgehead atoms. The van der Waals surface area contributed by atoms with Crippen LogP contribution < -0.4 is 20.3 Å². The lowest BCUT2D eigenvalue weighted by Crippen LogP contribution is -2.39. The summed E-state index contributed by atoms with van der Waals surface area (Å²) in [4.78, 5) is 41.1. The molecule has 36 heavy (non-hydrogen) atoms. The highest BCUT2D eigenvalue weighted by Gasteiger charge is 2.35. The Hall–Kier alpha value is -4.21. The zero-order valence-corrected chi connectivity index (χ0v) is 20.0. The van der Waals surface area contributed by atoms with Gasteiger partial charge >= 0.3 is 0 Å². The van der Waals surface area contributed by atoms with Gasteiger partial charge in [-0.2, -0.15) is 5.10 Å². The highest BCUT2D eigenvalue weighted by Crippen LogP contribution is 2.31. The van der Waals surface area contributed by atoms with Gasteiger partial charge in [0.15, 0.2) is 17.3 Å². The largest absolute Gasteiger partial charge is 0.488 e. The minimum absolute atomic E-state index is 0.0104. The summed E-state index contributed by atoms with van der Waals surface area (Å²) < 4.78 is 21.5. The molecule has 0 spiro atoms. The Bertz CT molecular complexity index is 1370. The molecule has 0 atom stereocenters. The third kappa shape index (κ3) is 4.08. The molecule has 2 aliphatic rings. The second-order valence-corrected chi connectivity index (χ2v) is 9.11. The van der Waals surface area contributed by atoms with Gasteiger partial charge in [0.25, 0.3) is 11.8 Å². The van der Waals surface area contributed by atoms with E-state index in [1.807, 2.05) is 12.1 Å². The molecule has 1 saturated heterocycles. The van der Waals surface area contributed by atoms with Crippen LogP contribution in [0.4, 0.5) is 15.8 Å². The maximum Gasteiger partial charge on any atom is 0.277 e. The van der Waals surface area contributed by atoms with E-state index >= 15 is 0 Å². The molecule has 0 radical (unpaired) electrons. The molecule has 3 aromatic rings. The fraction of sp³-hybridized carbons (Fsp3) is 0.308. The van der Waals surface area contributed by atoms with Crippen LogP contribution in [0.25, 0.3) is 5.69 Å². The molecule has 1 aromatic heterocycles. The zero-order chi connectivity index (χ0) is 25.6. The van der Waals surface area contributed by atoms with Gasteiger partial charge in [-0.25, -0.2) is 9.07 Å². The van der Waals surface area contributed by atoms with Crippen LogP contribution in [0.15, 0.2) is 42.5 Å². The average Bonchev–Trinajstić information content (AvgIpc) is 3.45. The number of hydrogen-bond donors (Lipinski definition) is 1. The molecule has 5 rings (SSSR count). The molecule has 10 heteroatoms. The molecule has 0 unspecified atom stereocenters. The number of hydrogen-bond acceptors (Lipinski definition) is 5. The highest BCUT2D eigenvalue weighted by molar-refractivity contribution is 6.09. The Balaban J connectivity index is 1.51. The van der Waals surface area contributed by atoms with Gasteiger partial charge < -0.3 is 20.3 Å². The lowest BCUT2D eigenvalue weighted by Gasteiger charge is -2.28.